The van der Waals surface area contributed by atoms with Gasteiger partial charge in [0, 0.05) is 23.1 Å². The van der Waals surface area contributed by atoms with Crippen LogP contribution in [0.25, 0.3) is 0 Å². The number of rotatable bonds is 4. The maximum Gasteiger partial charge on any atom is 0.225 e. The number of benzene rings is 2. The molecule has 1 heterocycles. The van der Waals surface area contributed by atoms with Crippen LogP contribution < -0.4 is 5.32 Å². The van der Waals surface area contributed by atoms with Crippen molar-refractivity contribution in [3.05, 3.63) is 81.3 Å². The molecule has 1 amide bonds. The number of hydrogen-bond donors (Lipinski definition) is 1. The third-order valence-electron chi connectivity index (χ3n) is 3.85. The van der Waals surface area contributed by atoms with Gasteiger partial charge in [-0.05, 0) is 23.3 Å². The van der Waals surface area contributed by atoms with Crippen LogP contribution in [0.2, 0.25) is 5.02 Å². The van der Waals surface area contributed by atoms with Gasteiger partial charge in [-0.25, -0.2) is 0 Å². The summed E-state index contributed by atoms with van der Waals surface area (Å²) in [5.41, 5.74) is 2.71. The van der Waals surface area contributed by atoms with Crippen molar-refractivity contribution in [2.45, 2.75) is 18.1 Å². The lowest BCUT2D eigenvalue weighted by atomic mass is 9.87. The predicted molar refractivity (Wildman–Crippen MR) is 97.3 cm³/mol. The predicted octanol–water partition coefficient (Wildman–Crippen LogP) is 4.61. The number of halogens is 1. The second-order valence-corrected chi connectivity index (χ2v) is 6.91. The molecule has 0 radical (unpaired) electrons. The maximum atomic E-state index is 12.1. The van der Waals surface area contributed by atoms with Crippen LogP contribution in [0.4, 0.5) is 0 Å². The highest BCUT2D eigenvalue weighted by molar-refractivity contribution is 8.02. The van der Waals surface area contributed by atoms with Gasteiger partial charge >= 0.3 is 0 Å². The molecule has 0 aliphatic carbocycles. The van der Waals surface area contributed by atoms with Gasteiger partial charge in [-0.15, -0.1) is 11.8 Å². The molecule has 1 aliphatic heterocycles. The molecule has 0 aromatic heterocycles. The molecule has 5 heteroatoms. The van der Waals surface area contributed by atoms with Crippen molar-refractivity contribution in [2.75, 3.05) is 0 Å². The lowest BCUT2D eigenvalue weighted by Crippen LogP contribution is -2.30. The smallest absolute Gasteiger partial charge is 0.225 e. The summed E-state index contributed by atoms with van der Waals surface area (Å²) in [5.74, 6) is 0.429. The van der Waals surface area contributed by atoms with E-state index in [1.807, 2.05) is 54.6 Å². The molecule has 1 aliphatic rings. The van der Waals surface area contributed by atoms with E-state index in [1.165, 1.54) is 11.8 Å². The highest BCUT2D eigenvalue weighted by Gasteiger charge is 2.29. The topological polar surface area (TPSA) is 52.9 Å². The quantitative estimate of drug-likeness (QED) is 0.872. The Bertz CT molecular complexity index is 810. The van der Waals surface area contributed by atoms with Crippen molar-refractivity contribution in [1.82, 2.24) is 5.32 Å². The number of carbonyl (C=O) groups excluding carboxylic acids is 1. The molecule has 1 atom stereocenters. The van der Waals surface area contributed by atoms with Gasteiger partial charge < -0.3 is 5.32 Å². The van der Waals surface area contributed by atoms with Gasteiger partial charge in [-0.1, -0.05) is 54.1 Å². The van der Waals surface area contributed by atoms with E-state index in [1.54, 1.807) is 0 Å². The summed E-state index contributed by atoms with van der Waals surface area (Å²) in [5, 5.41) is 13.8. The summed E-state index contributed by atoms with van der Waals surface area (Å²) >= 11 is 7.37. The average Bonchev–Trinajstić information content (AvgIpc) is 2.61. The Morgan fingerprint density at radius 3 is 2.54 bits per heavy atom. The van der Waals surface area contributed by atoms with E-state index in [4.69, 9.17) is 11.6 Å². The number of nitriles is 1. The monoisotopic (exact) mass is 354 g/mol. The first kappa shape index (κ1) is 16.6. The summed E-state index contributed by atoms with van der Waals surface area (Å²) in [6, 6.07) is 19.6. The van der Waals surface area contributed by atoms with E-state index in [0.717, 1.165) is 11.1 Å². The molecule has 3 rings (SSSR count). The third-order valence-corrected chi connectivity index (χ3v) is 5.19. The van der Waals surface area contributed by atoms with Crippen molar-refractivity contribution < 1.29 is 4.79 Å². The SMILES string of the molecule is N#CC1=C(SCc2ccc(Cl)cc2)NC(=O)CC1c1ccccc1. The summed E-state index contributed by atoms with van der Waals surface area (Å²) in [4.78, 5) is 12.1. The summed E-state index contributed by atoms with van der Waals surface area (Å²) in [6.45, 7) is 0. The molecule has 120 valence electrons. The van der Waals surface area contributed by atoms with Crippen molar-refractivity contribution in [3.8, 4) is 6.07 Å². The highest BCUT2D eigenvalue weighted by atomic mass is 35.5. The number of allylic oxidation sites excluding steroid dienone is 1. The van der Waals surface area contributed by atoms with Crippen LogP contribution in [0, 0.1) is 11.3 Å². The zero-order valence-corrected chi connectivity index (χ0v) is 14.4. The Balaban J connectivity index is 1.85. The molecule has 1 N–H and O–H groups in total. The molecule has 3 nitrogen and oxygen atoms in total. The second kappa shape index (κ2) is 7.57. The number of thioether (sulfide) groups is 1. The molecule has 24 heavy (non-hydrogen) atoms. The Labute approximate surface area is 150 Å². The number of hydrogen-bond acceptors (Lipinski definition) is 3. The Morgan fingerprint density at radius 2 is 1.88 bits per heavy atom. The fourth-order valence-electron chi connectivity index (χ4n) is 2.64. The number of nitrogens with zero attached hydrogens (tertiary/aromatic N) is 1. The number of nitrogens with one attached hydrogen (secondary N) is 1. The number of amides is 1. The van der Waals surface area contributed by atoms with Crippen LogP contribution in [0.1, 0.15) is 23.5 Å². The fraction of sp³-hybridized carbons (Fsp3) is 0.158. The highest BCUT2D eigenvalue weighted by Crippen LogP contribution is 2.36. The summed E-state index contributed by atoms with van der Waals surface area (Å²) in [6.07, 6.45) is 0.303. The first-order valence-corrected chi connectivity index (χ1v) is 8.90. The van der Waals surface area contributed by atoms with Crippen LogP contribution in [0.5, 0.6) is 0 Å². The van der Waals surface area contributed by atoms with Gasteiger partial charge in [0.2, 0.25) is 5.91 Å². The van der Waals surface area contributed by atoms with Gasteiger partial charge in [0.05, 0.1) is 16.7 Å². The summed E-state index contributed by atoms with van der Waals surface area (Å²) < 4.78 is 0. The van der Waals surface area contributed by atoms with E-state index in [0.29, 0.717) is 27.8 Å². The normalized spacial score (nSPS) is 17.3. The average molecular weight is 355 g/mol. The van der Waals surface area contributed by atoms with Gasteiger partial charge in [-0.3, -0.25) is 4.79 Å². The van der Waals surface area contributed by atoms with E-state index in [-0.39, 0.29) is 11.8 Å². The van der Waals surface area contributed by atoms with Crippen LogP contribution in [-0.4, -0.2) is 5.91 Å². The zero-order valence-electron chi connectivity index (χ0n) is 12.8. The molecule has 0 fully saturated rings. The number of carbonyl (C=O) groups is 1. The second-order valence-electron chi connectivity index (χ2n) is 5.49. The first-order chi connectivity index (χ1) is 11.7. The van der Waals surface area contributed by atoms with Crippen molar-refractivity contribution in [1.29, 1.82) is 5.26 Å². The van der Waals surface area contributed by atoms with Crippen LogP contribution in [0.3, 0.4) is 0 Å². The standard InChI is InChI=1S/C19H15ClN2OS/c20-15-8-6-13(7-9-15)12-24-19-17(11-21)16(10-18(23)22-19)14-4-2-1-3-5-14/h1-9,16H,10,12H2,(H,22,23). The fourth-order valence-corrected chi connectivity index (χ4v) is 3.80. The van der Waals surface area contributed by atoms with Crippen LogP contribution in [-0.2, 0) is 10.5 Å². The van der Waals surface area contributed by atoms with Crippen molar-refractivity contribution in [2.24, 2.45) is 0 Å². The minimum atomic E-state index is -0.183. The molecule has 2 aromatic rings. The Kier molecular flexibility index (Phi) is 5.24. The van der Waals surface area contributed by atoms with Gasteiger partial charge in [-0.2, -0.15) is 5.26 Å². The van der Waals surface area contributed by atoms with E-state index < -0.39 is 0 Å². The van der Waals surface area contributed by atoms with Crippen LogP contribution >= 0.6 is 23.4 Å². The zero-order chi connectivity index (χ0) is 16.9. The minimum Gasteiger partial charge on any atom is -0.320 e. The maximum absolute atomic E-state index is 12.1. The molecular weight excluding hydrogens is 340 g/mol. The Hall–Kier alpha value is -2.22. The van der Waals surface area contributed by atoms with E-state index in [9.17, 15) is 10.1 Å². The van der Waals surface area contributed by atoms with E-state index in [2.05, 4.69) is 11.4 Å². The minimum absolute atomic E-state index is 0.0542. The molecule has 0 saturated heterocycles. The van der Waals surface area contributed by atoms with Crippen molar-refractivity contribution in [3.63, 3.8) is 0 Å². The van der Waals surface area contributed by atoms with Crippen molar-refractivity contribution >= 4 is 29.3 Å². The van der Waals surface area contributed by atoms with E-state index >= 15 is 0 Å². The first-order valence-electron chi connectivity index (χ1n) is 7.53. The molecule has 0 bridgehead atoms. The lowest BCUT2D eigenvalue weighted by molar-refractivity contribution is -0.120. The molecule has 0 saturated carbocycles. The van der Waals surface area contributed by atoms with Crippen LogP contribution in [0.15, 0.2) is 65.2 Å². The van der Waals surface area contributed by atoms with Gasteiger partial charge in [0.1, 0.15) is 0 Å². The molecule has 1 unspecified atom stereocenters. The molecule has 0 spiro atoms. The Morgan fingerprint density at radius 1 is 1.17 bits per heavy atom. The molecule has 2 aromatic carbocycles. The largest absolute Gasteiger partial charge is 0.320 e. The van der Waals surface area contributed by atoms with Gasteiger partial charge in [0.25, 0.3) is 0 Å². The molecular formula is C19H15ClN2OS. The third kappa shape index (κ3) is 3.81. The van der Waals surface area contributed by atoms with Gasteiger partial charge in [0.15, 0.2) is 0 Å². The summed E-state index contributed by atoms with van der Waals surface area (Å²) in [7, 11) is 0. The lowest BCUT2D eigenvalue weighted by Gasteiger charge is -2.25.